The summed E-state index contributed by atoms with van der Waals surface area (Å²) in [6, 6.07) is 2.19. The van der Waals surface area contributed by atoms with E-state index >= 15 is 0 Å². The van der Waals surface area contributed by atoms with Crippen LogP contribution in [0.1, 0.15) is 81.3 Å². The van der Waals surface area contributed by atoms with Crippen molar-refractivity contribution in [1.82, 2.24) is 0 Å². The lowest BCUT2D eigenvalue weighted by Gasteiger charge is -2.29. The van der Waals surface area contributed by atoms with Gasteiger partial charge in [0.25, 0.3) is 0 Å². The maximum Gasteiger partial charge on any atom is 0.332 e. The Labute approximate surface area is 155 Å². The molecule has 0 aliphatic heterocycles. The molecular weight excluding hydrogens is 396 g/mol. The Morgan fingerprint density at radius 1 is 0.840 bits per heavy atom. The van der Waals surface area contributed by atoms with E-state index in [1.165, 1.54) is 38.5 Å². The van der Waals surface area contributed by atoms with Gasteiger partial charge in [0.05, 0.1) is 0 Å². The second kappa shape index (κ2) is 7.98. The SMILES string of the molecule is Fc1cc(C2CCC(CCC3CCCC3)CC2)cc(F)c1C(F)(F)Br. The summed E-state index contributed by atoms with van der Waals surface area (Å²) in [7, 11) is 0. The number of halogens is 5. The molecule has 1 aromatic rings. The van der Waals surface area contributed by atoms with Crippen molar-refractivity contribution in [3.63, 3.8) is 0 Å². The number of hydrogen-bond donors (Lipinski definition) is 0. The summed E-state index contributed by atoms with van der Waals surface area (Å²) in [6.45, 7) is 0. The first-order valence-corrected chi connectivity index (χ1v) is 10.2. The second-order valence-corrected chi connectivity index (χ2v) is 8.80. The van der Waals surface area contributed by atoms with E-state index in [2.05, 4.69) is 0 Å². The summed E-state index contributed by atoms with van der Waals surface area (Å²) in [5.74, 6) is -0.651. The molecule has 0 heterocycles. The van der Waals surface area contributed by atoms with Gasteiger partial charge in [0.1, 0.15) is 17.2 Å². The standard InChI is InChI=1S/C20H25BrF4/c21-20(24,25)19-17(22)11-16(12-18(19)23)15-9-7-14(8-10-15)6-5-13-3-1-2-4-13/h11-15H,1-10H2. The van der Waals surface area contributed by atoms with E-state index in [9.17, 15) is 17.6 Å². The molecule has 3 rings (SSSR count). The molecule has 0 aromatic heterocycles. The maximum absolute atomic E-state index is 14.0. The van der Waals surface area contributed by atoms with Crippen LogP contribution < -0.4 is 0 Å². The van der Waals surface area contributed by atoms with E-state index in [0.29, 0.717) is 11.5 Å². The third kappa shape index (κ3) is 4.78. The molecule has 2 fully saturated rings. The van der Waals surface area contributed by atoms with E-state index in [1.54, 1.807) is 0 Å². The average molecular weight is 421 g/mol. The summed E-state index contributed by atoms with van der Waals surface area (Å²) in [5, 5.41) is 0. The zero-order valence-electron chi connectivity index (χ0n) is 14.3. The highest BCUT2D eigenvalue weighted by atomic mass is 79.9. The fraction of sp³-hybridized carbons (Fsp3) is 0.700. The molecule has 1 aromatic carbocycles. The Morgan fingerprint density at radius 3 is 1.80 bits per heavy atom. The Kier molecular flexibility index (Phi) is 6.12. The van der Waals surface area contributed by atoms with Gasteiger partial charge in [-0.3, -0.25) is 0 Å². The molecule has 0 nitrogen and oxygen atoms in total. The molecular formula is C20H25BrF4. The molecule has 2 saturated carbocycles. The van der Waals surface area contributed by atoms with Gasteiger partial charge in [-0.25, -0.2) is 8.78 Å². The monoisotopic (exact) mass is 420 g/mol. The minimum Gasteiger partial charge on any atom is -0.206 e. The van der Waals surface area contributed by atoms with Gasteiger partial charge < -0.3 is 0 Å². The van der Waals surface area contributed by atoms with Crippen LogP contribution in [0, 0.1) is 23.5 Å². The minimum atomic E-state index is -3.68. The van der Waals surface area contributed by atoms with E-state index < -0.39 is 22.0 Å². The van der Waals surface area contributed by atoms with Crippen LogP contribution in [0.5, 0.6) is 0 Å². The highest BCUT2D eigenvalue weighted by Crippen LogP contribution is 2.42. The van der Waals surface area contributed by atoms with Crippen molar-refractivity contribution in [3.8, 4) is 0 Å². The molecule has 25 heavy (non-hydrogen) atoms. The first-order chi connectivity index (χ1) is 11.8. The predicted octanol–water partition coefficient (Wildman–Crippen LogP) is 7.65. The molecule has 0 amide bonds. The van der Waals surface area contributed by atoms with Gasteiger partial charge in [-0.1, -0.05) is 38.5 Å². The van der Waals surface area contributed by atoms with E-state index in [-0.39, 0.29) is 5.92 Å². The lowest BCUT2D eigenvalue weighted by atomic mass is 9.76. The third-order valence-corrected chi connectivity index (χ3v) is 6.52. The predicted molar refractivity (Wildman–Crippen MR) is 95.1 cm³/mol. The average Bonchev–Trinajstić information content (AvgIpc) is 3.05. The fourth-order valence-corrected chi connectivity index (χ4v) is 5.03. The second-order valence-electron chi connectivity index (χ2n) is 7.80. The first-order valence-electron chi connectivity index (χ1n) is 9.40. The zero-order valence-corrected chi connectivity index (χ0v) is 15.9. The minimum absolute atomic E-state index is 0.0738. The van der Waals surface area contributed by atoms with Crippen molar-refractivity contribution < 1.29 is 17.6 Å². The van der Waals surface area contributed by atoms with E-state index in [4.69, 9.17) is 0 Å². The van der Waals surface area contributed by atoms with Crippen LogP contribution in [0.25, 0.3) is 0 Å². The molecule has 140 valence electrons. The molecule has 0 radical (unpaired) electrons. The fourth-order valence-electron chi connectivity index (χ4n) is 4.65. The third-order valence-electron chi connectivity index (χ3n) is 6.12. The van der Waals surface area contributed by atoms with Crippen LogP contribution in [0.4, 0.5) is 17.6 Å². The molecule has 5 heteroatoms. The van der Waals surface area contributed by atoms with Crippen LogP contribution in [0.3, 0.4) is 0 Å². The van der Waals surface area contributed by atoms with Crippen LogP contribution in [0.2, 0.25) is 0 Å². The molecule has 0 saturated heterocycles. The van der Waals surface area contributed by atoms with Crippen LogP contribution in [0.15, 0.2) is 12.1 Å². The van der Waals surface area contributed by atoms with Crippen molar-refractivity contribution >= 4 is 15.9 Å². The number of rotatable bonds is 5. The van der Waals surface area contributed by atoms with Crippen molar-refractivity contribution in [3.05, 3.63) is 34.9 Å². The summed E-state index contributed by atoms with van der Waals surface area (Å²) >= 11 is 2.05. The smallest absolute Gasteiger partial charge is 0.206 e. The quantitative estimate of drug-likeness (QED) is 0.338. The topological polar surface area (TPSA) is 0 Å². The first kappa shape index (κ1) is 19.2. The van der Waals surface area contributed by atoms with Gasteiger partial charge >= 0.3 is 4.83 Å². The lowest BCUT2D eigenvalue weighted by Crippen LogP contribution is -2.16. The van der Waals surface area contributed by atoms with Crippen LogP contribution in [-0.4, -0.2) is 0 Å². The molecule has 0 unspecified atom stereocenters. The molecule has 0 spiro atoms. The van der Waals surface area contributed by atoms with Gasteiger partial charge in [-0.05, 0) is 77.1 Å². The van der Waals surface area contributed by atoms with Gasteiger partial charge in [0.15, 0.2) is 0 Å². The Morgan fingerprint density at radius 2 is 1.32 bits per heavy atom. The summed E-state index contributed by atoms with van der Waals surface area (Å²) < 4.78 is 54.5. The highest BCUT2D eigenvalue weighted by Gasteiger charge is 2.35. The summed E-state index contributed by atoms with van der Waals surface area (Å²) in [4.78, 5) is -3.68. The maximum atomic E-state index is 14.0. The molecule has 0 bridgehead atoms. The normalized spacial score (nSPS) is 25.5. The Balaban J connectivity index is 1.57. The molecule has 2 aliphatic carbocycles. The van der Waals surface area contributed by atoms with Crippen molar-refractivity contribution in [2.45, 2.75) is 75.0 Å². The van der Waals surface area contributed by atoms with Gasteiger partial charge in [0, 0.05) is 0 Å². The van der Waals surface area contributed by atoms with Crippen molar-refractivity contribution in [1.29, 1.82) is 0 Å². The van der Waals surface area contributed by atoms with E-state index in [1.807, 2.05) is 15.9 Å². The summed E-state index contributed by atoms with van der Waals surface area (Å²) in [5.41, 5.74) is -0.675. The summed E-state index contributed by atoms with van der Waals surface area (Å²) in [6.07, 6.45) is 12.0. The lowest BCUT2D eigenvalue weighted by molar-refractivity contribution is 0.105. The number of benzene rings is 1. The molecule has 0 atom stereocenters. The molecule has 0 N–H and O–H groups in total. The van der Waals surface area contributed by atoms with Gasteiger partial charge in [-0.2, -0.15) is 8.78 Å². The van der Waals surface area contributed by atoms with Crippen LogP contribution in [-0.2, 0) is 4.83 Å². The highest BCUT2D eigenvalue weighted by molar-refractivity contribution is 9.09. The Hall–Kier alpha value is -0.580. The van der Waals surface area contributed by atoms with Crippen molar-refractivity contribution in [2.24, 2.45) is 11.8 Å². The van der Waals surface area contributed by atoms with Crippen LogP contribution >= 0.6 is 15.9 Å². The van der Waals surface area contributed by atoms with E-state index in [0.717, 1.165) is 43.7 Å². The number of alkyl halides is 3. The van der Waals surface area contributed by atoms with Gasteiger partial charge in [-0.15, -0.1) is 0 Å². The number of hydrogen-bond acceptors (Lipinski definition) is 0. The van der Waals surface area contributed by atoms with Crippen molar-refractivity contribution in [2.75, 3.05) is 0 Å². The van der Waals surface area contributed by atoms with Gasteiger partial charge in [0.2, 0.25) is 0 Å². The zero-order chi connectivity index (χ0) is 18.0. The largest absolute Gasteiger partial charge is 0.332 e. The Bertz CT molecular complexity index is 559. The molecule has 2 aliphatic rings.